The quantitative estimate of drug-likeness (QED) is 0.151. The average Bonchev–Trinajstić information content (AvgIpc) is 2.87. The summed E-state index contributed by atoms with van der Waals surface area (Å²) in [7, 11) is -2.65. The Morgan fingerprint density at radius 2 is 1.50 bits per heavy atom. The fraction of sp³-hybridized carbons (Fsp3) is 0.567. The van der Waals surface area contributed by atoms with Gasteiger partial charge in [0.25, 0.3) is 8.32 Å². The smallest absolute Gasteiger partial charge is 0.261 e. The van der Waals surface area contributed by atoms with Gasteiger partial charge in [-0.25, -0.2) is 4.74 Å². The molecule has 0 aliphatic carbocycles. The number of rotatable bonds is 13. The fourth-order valence-corrected chi connectivity index (χ4v) is 10.1. The summed E-state index contributed by atoms with van der Waals surface area (Å²) >= 11 is 0. The largest absolute Gasteiger partial charge is 0.624 e. The van der Waals surface area contributed by atoms with Crippen LogP contribution in [-0.2, 0) is 13.9 Å². The summed E-state index contributed by atoms with van der Waals surface area (Å²) in [5, 5.41) is 15.8. The maximum atomic E-state index is 13.4. The minimum absolute atomic E-state index is 0.0990. The van der Waals surface area contributed by atoms with Crippen molar-refractivity contribution in [3.05, 3.63) is 65.9 Å². The van der Waals surface area contributed by atoms with Crippen molar-refractivity contribution in [3.63, 3.8) is 0 Å². The lowest BCUT2D eigenvalue weighted by molar-refractivity contribution is -0.512. The molecule has 0 bridgehead atoms. The fourth-order valence-electron chi connectivity index (χ4n) is 5.46. The molecule has 2 aromatic carbocycles. The van der Waals surface area contributed by atoms with Gasteiger partial charge in [0.1, 0.15) is 0 Å². The molecule has 0 saturated carbocycles. The first-order valence-electron chi connectivity index (χ1n) is 13.6. The summed E-state index contributed by atoms with van der Waals surface area (Å²) in [6.45, 7) is 12.5. The van der Waals surface area contributed by atoms with Crippen molar-refractivity contribution >= 4 is 24.4 Å². The first-order chi connectivity index (χ1) is 17.3. The van der Waals surface area contributed by atoms with Crippen LogP contribution in [0.15, 0.2) is 60.7 Å². The Morgan fingerprint density at radius 1 is 0.944 bits per heavy atom. The summed E-state index contributed by atoms with van der Waals surface area (Å²) in [4.78, 5) is 0. The van der Waals surface area contributed by atoms with Gasteiger partial charge < -0.3 is 19.1 Å². The van der Waals surface area contributed by atoms with E-state index in [0.29, 0.717) is 19.8 Å². The van der Waals surface area contributed by atoms with Crippen molar-refractivity contribution < 1.29 is 18.6 Å². The highest BCUT2D eigenvalue weighted by molar-refractivity contribution is 6.99. The van der Waals surface area contributed by atoms with Gasteiger partial charge in [-0.05, 0) is 48.5 Å². The van der Waals surface area contributed by atoms with Gasteiger partial charge >= 0.3 is 0 Å². The second-order valence-corrected chi connectivity index (χ2v) is 15.0. The summed E-state index contributed by atoms with van der Waals surface area (Å²) in [5.41, 5.74) is 0.990. The van der Waals surface area contributed by atoms with Crippen LogP contribution in [0.5, 0.6) is 0 Å². The number of benzene rings is 2. The molecule has 36 heavy (non-hydrogen) atoms. The van der Waals surface area contributed by atoms with Gasteiger partial charge in [0.2, 0.25) is 0 Å². The Labute approximate surface area is 219 Å². The molecular formula is C30H45NO4Si. The van der Waals surface area contributed by atoms with E-state index in [4.69, 9.17) is 13.9 Å². The highest BCUT2D eigenvalue weighted by Crippen LogP contribution is 2.37. The summed E-state index contributed by atoms with van der Waals surface area (Å²) in [6.07, 6.45) is 5.07. The Hall–Kier alpha value is -1.99. The molecule has 1 atom stereocenters. The molecule has 3 rings (SSSR count). The van der Waals surface area contributed by atoms with Crippen molar-refractivity contribution in [3.8, 4) is 0 Å². The van der Waals surface area contributed by atoms with Crippen LogP contribution in [-0.4, -0.2) is 50.9 Å². The van der Waals surface area contributed by atoms with E-state index in [1.807, 2.05) is 13.8 Å². The maximum absolute atomic E-state index is 13.4. The van der Waals surface area contributed by atoms with Crippen LogP contribution in [0.3, 0.4) is 0 Å². The maximum Gasteiger partial charge on any atom is 0.261 e. The van der Waals surface area contributed by atoms with E-state index < -0.39 is 8.32 Å². The van der Waals surface area contributed by atoms with Crippen molar-refractivity contribution in [1.82, 2.24) is 0 Å². The third-order valence-corrected chi connectivity index (χ3v) is 12.2. The minimum Gasteiger partial charge on any atom is -0.624 e. The number of hydrogen-bond acceptors (Lipinski definition) is 4. The van der Waals surface area contributed by atoms with Crippen LogP contribution in [0.2, 0.25) is 5.04 Å². The molecule has 0 saturated heterocycles. The third kappa shape index (κ3) is 6.85. The zero-order valence-corrected chi connectivity index (χ0v) is 23.9. The van der Waals surface area contributed by atoms with Crippen molar-refractivity contribution in [1.29, 1.82) is 0 Å². The topological polar surface area (TPSA) is 53.8 Å². The molecule has 1 aliphatic heterocycles. The van der Waals surface area contributed by atoms with Crippen LogP contribution >= 0.6 is 0 Å². The zero-order chi connectivity index (χ0) is 26.0. The number of hydrogen-bond donors (Lipinski definition) is 0. The van der Waals surface area contributed by atoms with Crippen LogP contribution in [0.1, 0.15) is 73.1 Å². The number of nitrogens with zero attached hydrogens (tertiary/aromatic N) is 1. The van der Waals surface area contributed by atoms with Crippen LogP contribution in [0, 0.1) is 5.21 Å². The van der Waals surface area contributed by atoms with Crippen molar-refractivity contribution in [2.75, 3.05) is 19.8 Å². The van der Waals surface area contributed by atoms with Crippen LogP contribution in [0.25, 0.3) is 0 Å². The SMILES string of the molecule is CCOC(CCCC1=[N+]([O-])[C@H](CO[Si](c2ccccc2)(c2ccccc2)C(C)(C)C)CCC1)OCC. The molecule has 0 aromatic heterocycles. The van der Waals surface area contributed by atoms with Gasteiger partial charge in [0, 0.05) is 32.5 Å². The lowest BCUT2D eigenvalue weighted by atomic mass is 9.99. The Kier molecular flexibility index (Phi) is 10.7. The molecule has 1 heterocycles. The van der Waals surface area contributed by atoms with Gasteiger partial charge in [-0.1, -0.05) is 81.4 Å². The summed E-state index contributed by atoms with van der Waals surface area (Å²) in [6, 6.07) is 21.1. The van der Waals surface area contributed by atoms with E-state index >= 15 is 0 Å². The predicted octanol–water partition coefficient (Wildman–Crippen LogP) is 5.64. The van der Waals surface area contributed by atoms with Gasteiger partial charge in [-0.15, -0.1) is 0 Å². The molecule has 1 aliphatic rings. The lowest BCUT2D eigenvalue weighted by Crippen LogP contribution is -2.67. The molecule has 6 heteroatoms. The standard InChI is InChI=1S/C30H45NO4Si/c1-6-33-29(34-7-2)23-15-17-25-16-14-18-26(31(25)32)24-35-36(30(3,4)5,27-19-10-8-11-20-27)28-21-12-9-13-22-28/h8-13,19-22,26,29H,6-7,14-18,23-24H2,1-5H3/t26-/m0/s1. The predicted molar refractivity (Wildman–Crippen MR) is 151 cm³/mol. The Morgan fingerprint density at radius 3 is 2.00 bits per heavy atom. The lowest BCUT2D eigenvalue weighted by Gasteiger charge is -2.43. The van der Waals surface area contributed by atoms with Gasteiger partial charge in [0.05, 0.1) is 6.61 Å². The second-order valence-electron chi connectivity index (χ2n) is 10.6. The molecule has 0 amide bonds. The number of hydroxylamine groups is 1. The highest BCUT2D eigenvalue weighted by atomic mass is 28.4. The summed E-state index contributed by atoms with van der Waals surface area (Å²) < 4.78 is 19.7. The summed E-state index contributed by atoms with van der Waals surface area (Å²) in [5.74, 6) is 0. The van der Waals surface area contributed by atoms with E-state index in [2.05, 4.69) is 81.4 Å². The van der Waals surface area contributed by atoms with Gasteiger partial charge in [-0.2, -0.15) is 0 Å². The third-order valence-electron chi connectivity index (χ3n) is 7.17. The van der Waals surface area contributed by atoms with E-state index in [1.165, 1.54) is 15.1 Å². The van der Waals surface area contributed by atoms with E-state index in [-0.39, 0.29) is 17.4 Å². The Bertz CT molecular complexity index is 897. The van der Waals surface area contributed by atoms with Crippen LogP contribution in [0.4, 0.5) is 0 Å². The van der Waals surface area contributed by atoms with E-state index in [1.54, 1.807) is 0 Å². The first-order valence-corrected chi connectivity index (χ1v) is 15.5. The second kappa shape index (κ2) is 13.5. The molecule has 0 N–H and O–H groups in total. The molecule has 5 nitrogen and oxygen atoms in total. The normalized spacial score (nSPS) is 17.1. The highest BCUT2D eigenvalue weighted by Gasteiger charge is 2.50. The Balaban J connectivity index is 1.80. The van der Waals surface area contributed by atoms with Crippen LogP contribution < -0.4 is 10.4 Å². The molecular weight excluding hydrogens is 466 g/mol. The van der Waals surface area contributed by atoms with Gasteiger partial charge in [-0.3, -0.25) is 0 Å². The molecule has 2 aromatic rings. The first kappa shape index (κ1) is 28.6. The minimum atomic E-state index is -2.65. The molecule has 0 fully saturated rings. The molecule has 0 radical (unpaired) electrons. The molecule has 0 unspecified atom stereocenters. The van der Waals surface area contributed by atoms with E-state index in [0.717, 1.165) is 44.2 Å². The molecule has 198 valence electrons. The van der Waals surface area contributed by atoms with Crippen molar-refractivity contribution in [2.24, 2.45) is 0 Å². The number of ether oxygens (including phenoxy) is 2. The van der Waals surface area contributed by atoms with Gasteiger partial charge in [0.15, 0.2) is 18.0 Å². The zero-order valence-electron chi connectivity index (χ0n) is 22.9. The monoisotopic (exact) mass is 511 g/mol. The van der Waals surface area contributed by atoms with Crippen molar-refractivity contribution in [2.45, 2.75) is 90.5 Å². The average molecular weight is 512 g/mol. The van der Waals surface area contributed by atoms with E-state index in [9.17, 15) is 5.21 Å². The molecule has 0 spiro atoms.